The normalized spacial score (nSPS) is 10.4. The van der Waals surface area contributed by atoms with Gasteiger partial charge in [0.1, 0.15) is 5.82 Å². The minimum absolute atomic E-state index is 0.0160. The van der Waals surface area contributed by atoms with Gasteiger partial charge in [0.05, 0.1) is 24.6 Å². The maximum Gasteiger partial charge on any atom is 0.253 e. The first-order valence-electron chi connectivity index (χ1n) is 5.45. The highest BCUT2D eigenvalue weighted by molar-refractivity contribution is 9.10. The van der Waals surface area contributed by atoms with Crippen molar-refractivity contribution in [2.45, 2.75) is 13.5 Å². The summed E-state index contributed by atoms with van der Waals surface area (Å²) in [5.41, 5.74) is 1.43. The third-order valence-electron chi connectivity index (χ3n) is 2.53. The molecule has 0 aliphatic heterocycles. The van der Waals surface area contributed by atoms with Crippen LogP contribution < -0.4 is 10.9 Å². The molecule has 18 heavy (non-hydrogen) atoms. The highest BCUT2D eigenvalue weighted by Gasteiger charge is 2.04. The van der Waals surface area contributed by atoms with Crippen LogP contribution in [0.1, 0.15) is 11.3 Å². The lowest BCUT2D eigenvalue weighted by Crippen LogP contribution is -2.22. The zero-order valence-electron chi connectivity index (χ0n) is 10.1. The quantitative estimate of drug-likeness (QED) is 0.939. The van der Waals surface area contributed by atoms with E-state index < -0.39 is 0 Å². The van der Waals surface area contributed by atoms with Crippen LogP contribution in [-0.4, -0.2) is 21.6 Å². The fourth-order valence-electron chi connectivity index (χ4n) is 1.60. The Hall–Kier alpha value is -1.69. The van der Waals surface area contributed by atoms with Gasteiger partial charge in [0.25, 0.3) is 5.56 Å². The van der Waals surface area contributed by atoms with E-state index in [0.29, 0.717) is 17.9 Å². The van der Waals surface area contributed by atoms with Gasteiger partial charge < -0.3 is 9.88 Å². The van der Waals surface area contributed by atoms with Gasteiger partial charge in [0.15, 0.2) is 0 Å². The Morgan fingerprint density at radius 1 is 1.39 bits per heavy atom. The Bertz CT molecular complexity index is 606. The number of aryl methyl sites for hydroxylation is 1. The monoisotopic (exact) mass is 308 g/mol. The number of pyridine rings is 1. The van der Waals surface area contributed by atoms with Gasteiger partial charge in [0, 0.05) is 23.3 Å². The number of rotatable bonds is 3. The topological polar surface area (TPSA) is 59.8 Å². The van der Waals surface area contributed by atoms with Crippen LogP contribution in [-0.2, 0) is 6.54 Å². The second kappa shape index (κ2) is 5.30. The molecule has 0 saturated carbocycles. The van der Waals surface area contributed by atoms with Crippen LogP contribution in [0.4, 0.5) is 5.82 Å². The number of anilines is 1. The van der Waals surface area contributed by atoms with Crippen LogP contribution in [0.15, 0.2) is 33.9 Å². The van der Waals surface area contributed by atoms with E-state index >= 15 is 0 Å². The number of nitrogens with zero attached hydrogens (tertiary/aromatic N) is 3. The maximum absolute atomic E-state index is 11.9. The minimum Gasteiger partial charge on any atom is -0.372 e. The Balaban J connectivity index is 2.31. The molecule has 2 aromatic rings. The third kappa shape index (κ3) is 2.76. The van der Waals surface area contributed by atoms with Crippen LogP contribution in [0.25, 0.3) is 0 Å². The highest BCUT2D eigenvalue weighted by atomic mass is 79.9. The van der Waals surface area contributed by atoms with Crippen LogP contribution in [0.3, 0.4) is 0 Å². The molecule has 0 spiro atoms. The first-order valence-corrected chi connectivity index (χ1v) is 6.24. The summed E-state index contributed by atoms with van der Waals surface area (Å²) in [5, 5.41) is 2.90. The van der Waals surface area contributed by atoms with Crippen molar-refractivity contribution >= 4 is 21.7 Å². The second-order valence-electron chi connectivity index (χ2n) is 3.92. The Labute approximate surface area is 113 Å². The summed E-state index contributed by atoms with van der Waals surface area (Å²) in [6, 6.07) is 1.80. The van der Waals surface area contributed by atoms with E-state index in [2.05, 4.69) is 31.2 Å². The molecule has 6 heteroatoms. The SMILES string of the molecule is CNc1cnc(Cn2cc(Br)cc(C)c2=O)cn1. The molecule has 1 N–H and O–H groups in total. The van der Waals surface area contributed by atoms with Crippen LogP contribution in [0.2, 0.25) is 0 Å². The lowest BCUT2D eigenvalue weighted by molar-refractivity contribution is 0.726. The Kier molecular flexibility index (Phi) is 3.76. The summed E-state index contributed by atoms with van der Waals surface area (Å²) in [7, 11) is 1.78. The molecule has 0 aliphatic rings. The molecule has 0 aromatic carbocycles. The zero-order chi connectivity index (χ0) is 13.1. The molecule has 2 aromatic heterocycles. The molecule has 2 rings (SSSR count). The zero-order valence-corrected chi connectivity index (χ0v) is 11.7. The van der Waals surface area contributed by atoms with E-state index in [-0.39, 0.29) is 5.56 Å². The molecule has 0 atom stereocenters. The van der Waals surface area contributed by atoms with Gasteiger partial charge >= 0.3 is 0 Å². The number of nitrogens with one attached hydrogen (secondary N) is 1. The van der Waals surface area contributed by atoms with Crippen LogP contribution in [0.5, 0.6) is 0 Å². The molecule has 0 radical (unpaired) electrons. The van der Waals surface area contributed by atoms with Crippen LogP contribution in [0, 0.1) is 6.92 Å². The summed E-state index contributed by atoms with van der Waals surface area (Å²) in [6.07, 6.45) is 5.06. The van der Waals surface area contributed by atoms with Crippen molar-refractivity contribution in [3.05, 3.63) is 50.7 Å². The minimum atomic E-state index is -0.0160. The average Bonchev–Trinajstić information content (AvgIpc) is 2.36. The number of aromatic nitrogens is 3. The number of halogens is 1. The van der Waals surface area contributed by atoms with E-state index in [1.165, 1.54) is 0 Å². The first kappa shape index (κ1) is 12.8. The van der Waals surface area contributed by atoms with Gasteiger partial charge in [-0.15, -0.1) is 0 Å². The van der Waals surface area contributed by atoms with E-state index in [1.807, 2.05) is 0 Å². The van der Waals surface area contributed by atoms with Crippen molar-refractivity contribution in [2.24, 2.45) is 0 Å². The van der Waals surface area contributed by atoms with Gasteiger partial charge in [-0.2, -0.15) is 0 Å². The Morgan fingerprint density at radius 2 is 2.17 bits per heavy atom. The first-order chi connectivity index (χ1) is 8.60. The summed E-state index contributed by atoms with van der Waals surface area (Å²) in [5.74, 6) is 0.705. The standard InChI is InChI=1S/C12H13BrN4O/c1-8-3-9(13)6-17(12(8)18)7-10-4-16-11(14-2)5-15-10/h3-6H,7H2,1-2H3,(H,14,16). The number of hydrogen-bond donors (Lipinski definition) is 1. The van der Waals surface area contributed by atoms with E-state index in [1.54, 1.807) is 43.2 Å². The molecule has 0 saturated heterocycles. The van der Waals surface area contributed by atoms with Gasteiger partial charge in [-0.1, -0.05) is 0 Å². The summed E-state index contributed by atoms with van der Waals surface area (Å²) in [4.78, 5) is 20.3. The van der Waals surface area contributed by atoms with E-state index in [9.17, 15) is 4.79 Å². The van der Waals surface area contributed by atoms with Crippen molar-refractivity contribution in [3.8, 4) is 0 Å². The smallest absolute Gasteiger partial charge is 0.253 e. The van der Waals surface area contributed by atoms with E-state index in [4.69, 9.17) is 0 Å². The molecule has 0 aliphatic carbocycles. The van der Waals surface area contributed by atoms with Crippen molar-refractivity contribution in [1.29, 1.82) is 0 Å². The molecular weight excluding hydrogens is 296 g/mol. The van der Waals surface area contributed by atoms with Crippen molar-refractivity contribution in [1.82, 2.24) is 14.5 Å². The number of hydrogen-bond acceptors (Lipinski definition) is 4. The van der Waals surface area contributed by atoms with Crippen molar-refractivity contribution < 1.29 is 0 Å². The molecular formula is C12H13BrN4O. The predicted octanol–water partition coefficient (Wildman–Crippen LogP) is 1.80. The molecule has 2 heterocycles. The molecule has 5 nitrogen and oxygen atoms in total. The average molecular weight is 309 g/mol. The predicted molar refractivity (Wildman–Crippen MR) is 73.8 cm³/mol. The van der Waals surface area contributed by atoms with Gasteiger partial charge in [-0.05, 0) is 28.9 Å². The van der Waals surface area contributed by atoms with Crippen molar-refractivity contribution in [2.75, 3.05) is 12.4 Å². The van der Waals surface area contributed by atoms with E-state index in [0.717, 1.165) is 10.2 Å². The lowest BCUT2D eigenvalue weighted by Gasteiger charge is -2.07. The summed E-state index contributed by atoms with van der Waals surface area (Å²) >= 11 is 3.38. The molecule has 0 bridgehead atoms. The molecule has 0 amide bonds. The fraction of sp³-hybridized carbons (Fsp3) is 0.250. The van der Waals surface area contributed by atoms with Gasteiger partial charge in [-0.3, -0.25) is 9.78 Å². The molecule has 0 unspecified atom stereocenters. The lowest BCUT2D eigenvalue weighted by atomic mass is 10.3. The van der Waals surface area contributed by atoms with Crippen molar-refractivity contribution in [3.63, 3.8) is 0 Å². The largest absolute Gasteiger partial charge is 0.372 e. The summed E-state index contributed by atoms with van der Waals surface area (Å²) in [6.45, 7) is 2.20. The Morgan fingerprint density at radius 3 is 2.78 bits per heavy atom. The van der Waals surface area contributed by atoms with Crippen LogP contribution >= 0.6 is 15.9 Å². The maximum atomic E-state index is 11.9. The second-order valence-corrected chi connectivity index (χ2v) is 4.83. The molecule has 0 fully saturated rings. The highest BCUT2D eigenvalue weighted by Crippen LogP contribution is 2.09. The fourth-order valence-corrected chi connectivity index (χ4v) is 2.19. The third-order valence-corrected chi connectivity index (χ3v) is 2.96. The van der Waals surface area contributed by atoms with Gasteiger partial charge in [-0.25, -0.2) is 4.98 Å². The summed E-state index contributed by atoms with van der Waals surface area (Å²) < 4.78 is 2.49. The van der Waals surface area contributed by atoms with Gasteiger partial charge in [0.2, 0.25) is 0 Å². The molecule has 94 valence electrons.